The van der Waals surface area contributed by atoms with Gasteiger partial charge in [-0.2, -0.15) is 0 Å². The molecule has 1 unspecified atom stereocenters. The van der Waals surface area contributed by atoms with Gasteiger partial charge < -0.3 is 16.2 Å². The van der Waals surface area contributed by atoms with Crippen LogP contribution in [0, 0.1) is 0 Å². The fraction of sp³-hybridized carbons (Fsp3) is 0.222. The van der Waals surface area contributed by atoms with Crippen molar-refractivity contribution in [1.29, 1.82) is 0 Å². The van der Waals surface area contributed by atoms with Crippen LogP contribution in [0.5, 0.6) is 5.75 Å². The lowest BCUT2D eigenvalue weighted by molar-refractivity contribution is -0.124. The fourth-order valence-corrected chi connectivity index (χ4v) is 1.20. The number of ether oxygens (including phenoxy) is 1. The highest BCUT2D eigenvalue weighted by molar-refractivity contribution is 9.10. The maximum Gasteiger partial charge on any atom is 0.258 e. The van der Waals surface area contributed by atoms with Crippen molar-refractivity contribution in [3.63, 3.8) is 0 Å². The van der Waals surface area contributed by atoms with Gasteiger partial charge in [-0.05, 0) is 35.0 Å². The van der Waals surface area contributed by atoms with Gasteiger partial charge in [-0.3, -0.25) is 4.79 Å². The number of halogens is 1. The van der Waals surface area contributed by atoms with Gasteiger partial charge in [0, 0.05) is 11.8 Å². The molecule has 0 bridgehead atoms. The number of benzene rings is 1. The Morgan fingerprint density at radius 1 is 1.57 bits per heavy atom. The van der Waals surface area contributed by atoms with Crippen molar-refractivity contribution in [1.82, 2.24) is 0 Å². The van der Waals surface area contributed by atoms with Crippen LogP contribution in [-0.4, -0.2) is 12.0 Å². The van der Waals surface area contributed by atoms with E-state index in [1.54, 1.807) is 25.1 Å². The lowest BCUT2D eigenvalue weighted by Gasteiger charge is -2.12. The number of hydrogen-bond donors (Lipinski definition) is 2. The molecule has 1 aromatic rings. The predicted octanol–water partition coefficient (Wildman–Crippen LogP) is 1.28. The molecule has 1 aromatic carbocycles. The molecule has 0 aliphatic heterocycles. The second-order valence-electron chi connectivity index (χ2n) is 2.85. The number of amides is 1. The minimum absolute atomic E-state index is 0.510. The van der Waals surface area contributed by atoms with Crippen LogP contribution in [-0.2, 0) is 4.79 Å². The molecule has 0 heterocycles. The lowest BCUT2D eigenvalue weighted by atomic mass is 10.3. The molecule has 1 atom stereocenters. The molecule has 5 heteroatoms. The van der Waals surface area contributed by atoms with Crippen molar-refractivity contribution in [2.24, 2.45) is 5.73 Å². The summed E-state index contributed by atoms with van der Waals surface area (Å²) in [6.45, 7) is 1.58. The summed E-state index contributed by atoms with van der Waals surface area (Å²) < 4.78 is 6.02. The summed E-state index contributed by atoms with van der Waals surface area (Å²) in [4.78, 5) is 10.8. The van der Waals surface area contributed by atoms with E-state index in [1.807, 2.05) is 0 Å². The lowest BCUT2D eigenvalue weighted by Crippen LogP contribution is -2.30. The maximum absolute atomic E-state index is 10.8. The monoisotopic (exact) mass is 258 g/mol. The van der Waals surface area contributed by atoms with E-state index < -0.39 is 12.0 Å². The van der Waals surface area contributed by atoms with Crippen molar-refractivity contribution in [2.75, 3.05) is 5.73 Å². The van der Waals surface area contributed by atoms with E-state index in [0.29, 0.717) is 11.4 Å². The Morgan fingerprint density at radius 2 is 2.21 bits per heavy atom. The number of nitrogens with two attached hydrogens (primary N) is 2. The van der Waals surface area contributed by atoms with Crippen molar-refractivity contribution in [3.8, 4) is 5.75 Å². The second kappa shape index (κ2) is 4.32. The average Bonchev–Trinajstić information content (AvgIpc) is 2.11. The number of carbonyl (C=O) groups is 1. The minimum Gasteiger partial charge on any atom is -0.480 e. The summed E-state index contributed by atoms with van der Waals surface area (Å²) in [7, 11) is 0. The summed E-state index contributed by atoms with van der Waals surface area (Å²) in [5, 5.41) is 0. The molecule has 0 aliphatic rings. The van der Waals surface area contributed by atoms with E-state index in [1.165, 1.54) is 0 Å². The third kappa shape index (κ3) is 2.63. The molecule has 0 aromatic heterocycles. The van der Waals surface area contributed by atoms with Crippen molar-refractivity contribution in [2.45, 2.75) is 13.0 Å². The van der Waals surface area contributed by atoms with Gasteiger partial charge in [-0.15, -0.1) is 0 Å². The molecule has 0 aliphatic carbocycles. The SMILES string of the molecule is CC(Oc1cc(N)ccc1Br)C(N)=O. The van der Waals surface area contributed by atoms with Crippen LogP contribution in [0.3, 0.4) is 0 Å². The minimum atomic E-state index is -0.673. The highest BCUT2D eigenvalue weighted by Gasteiger charge is 2.12. The quantitative estimate of drug-likeness (QED) is 0.802. The van der Waals surface area contributed by atoms with Crippen LogP contribution in [0.4, 0.5) is 5.69 Å². The Balaban J connectivity index is 2.85. The molecule has 4 N–H and O–H groups in total. The van der Waals surface area contributed by atoms with Gasteiger partial charge in [-0.25, -0.2) is 0 Å². The Morgan fingerprint density at radius 3 is 2.79 bits per heavy atom. The van der Waals surface area contributed by atoms with E-state index in [-0.39, 0.29) is 0 Å². The van der Waals surface area contributed by atoms with Crippen molar-refractivity contribution < 1.29 is 9.53 Å². The summed E-state index contributed by atoms with van der Waals surface area (Å²) in [6, 6.07) is 5.10. The van der Waals surface area contributed by atoms with Crippen molar-refractivity contribution in [3.05, 3.63) is 22.7 Å². The molecule has 0 spiro atoms. The van der Waals surface area contributed by atoms with Crippen LogP contribution in [0.25, 0.3) is 0 Å². The highest BCUT2D eigenvalue weighted by atomic mass is 79.9. The van der Waals surface area contributed by atoms with E-state index in [4.69, 9.17) is 16.2 Å². The topological polar surface area (TPSA) is 78.3 Å². The standard InChI is InChI=1S/C9H11BrN2O2/c1-5(9(12)13)14-8-4-6(11)2-3-7(8)10/h2-5H,11H2,1H3,(H2,12,13). The van der Waals surface area contributed by atoms with Gasteiger partial charge >= 0.3 is 0 Å². The number of anilines is 1. The smallest absolute Gasteiger partial charge is 0.258 e. The van der Waals surface area contributed by atoms with E-state index in [2.05, 4.69) is 15.9 Å². The Labute approximate surface area is 90.3 Å². The summed E-state index contributed by atoms with van der Waals surface area (Å²) in [6.07, 6.45) is -0.673. The van der Waals surface area contributed by atoms with Crippen LogP contribution < -0.4 is 16.2 Å². The largest absolute Gasteiger partial charge is 0.480 e. The van der Waals surface area contributed by atoms with Gasteiger partial charge in [0.15, 0.2) is 6.10 Å². The summed E-state index contributed by atoms with van der Waals surface area (Å²) >= 11 is 3.28. The van der Waals surface area contributed by atoms with E-state index >= 15 is 0 Å². The number of rotatable bonds is 3. The molecule has 1 amide bonds. The first kappa shape index (κ1) is 10.8. The van der Waals surface area contributed by atoms with E-state index in [9.17, 15) is 4.79 Å². The first-order valence-electron chi connectivity index (χ1n) is 4.01. The van der Waals surface area contributed by atoms with Crippen LogP contribution in [0.15, 0.2) is 22.7 Å². The molecule has 0 saturated heterocycles. The fourth-order valence-electron chi connectivity index (χ4n) is 0.859. The normalized spacial score (nSPS) is 12.1. The third-order valence-electron chi connectivity index (χ3n) is 1.66. The van der Waals surface area contributed by atoms with Crippen molar-refractivity contribution >= 4 is 27.5 Å². The molecule has 1 rings (SSSR count). The van der Waals surface area contributed by atoms with Crippen LogP contribution >= 0.6 is 15.9 Å². The Hall–Kier alpha value is -1.23. The van der Waals surface area contributed by atoms with Gasteiger partial charge in [0.25, 0.3) is 5.91 Å². The molecular weight excluding hydrogens is 248 g/mol. The number of primary amides is 1. The first-order chi connectivity index (χ1) is 6.50. The van der Waals surface area contributed by atoms with Gasteiger partial charge in [0.2, 0.25) is 0 Å². The average molecular weight is 259 g/mol. The number of carbonyl (C=O) groups excluding carboxylic acids is 1. The zero-order valence-electron chi connectivity index (χ0n) is 7.66. The van der Waals surface area contributed by atoms with Crippen LogP contribution in [0.2, 0.25) is 0 Å². The predicted molar refractivity (Wildman–Crippen MR) is 57.8 cm³/mol. The highest BCUT2D eigenvalue weighted by Crippen LogP contribution is 2.27. The van der Waals surface area contributed by atoms with Gasteiger partial charge in [0.05, 0.1) is 4.47 Å². The molecule has 0 fully saturated rings. The molecule has 76 valence electrons. The van der Waals surface area contributed by atoms with Crippen LogP contribution in [0.1, 0.15) is 6.92 Å². The first-order valence-corrected chi connectivity index (χ1v) is 4.81. The zero-order chi connectivity index (χ0) is 10.7. The molecule has 0 radical (unpaired) electrons. The molecule has 4 nitrogen and oxygen atoms in total. The van der Waals surface area contributed by atoms with E-state index in [0.717, 1.165) is 4.47 Å². The zero-order valence-corrected chi connectivity index (χ0v) is 9.24. The van der Waals surface area contributed by atoms with Gasteiger partial charge in [-0.1, -0.05) is 0 Å². The second-order valence-corrected chi connectivity index (χ2v) is 3.71. The number of nitrogen functional groups attached to an aromatic ring is 1. The maximum atomic E-state index is 10.8. The molecule has 0 saturated carbocycles. The summed E-state index contributed by atoms with van der Waals surface area (Å²) in [5.41, 5.74) is 11.2. The Kier molecular flexibility index (Phi) is 3.35. The summed E-state index contributed by atoms with van der Waals surface area (Å²) in [5.74, 6) is -0.00405. The van der Waals surface area contributed by atoms with Gasteiger partial charge in [0.1, 0.15) is 5.75 Å². The Bertz CT molecular complexity index is 355. The molecular formula is C9H11BrN2O2. The number of hydrogen-bond acceptors (Lipinski definition) is 3. The molecule has 14 heavy (non-hydrogen) atoms. The third-order valence-corrected chi connectivity index (χ3v) is 2.31.